The lowest BCUT2D eigenvalue weighted by Crippen LogP contribution is -2.39. The first-order chi connectivity index (χ1) is 15.0. The lowest BCUT2D eigenvalue weighted by molar-refractivity contribution is 0.0565. The van der Waals surface area contributed by atoms with Crippen LogP contribution in [0.1, 0.15) is 58.4 Å². The topological polar surface area (TPSA) is 121 Å². The van der Waals surface area contributed by atoms with Crippen LogP contribution in [0.2, 0.25) is 5.15 Å². The van der Waals surface area contributed by atoms with Gasteiger partial charge in [0.05, 0.1) is 12.6 Å². The molecule has 9 nitrogen and oxygen atoms in total. The molecule has 1 aromatic rings. The van der Waals surface area contributed by atoms with Gasteiger partial charge in [-0.15, -0.1) is 0 Å². The minimum Gasteiger partial charge on any atom is -0.465 e. The van der Waals surface area contributed by atoms with E-state index in [1.807, 2.05) is 6.07 Å². The number of halogens is 1. The van der Waals surface area contributed by atoms with Gasteiger partial charge in [0.25, 0.3) is 0 Å². The summed E-state index contributed by atoms with van der Waals surface area (Å²) in [6.45, 7) is 6.67. The fraction of sp³-hybridized carbons (Fsp3) is 0.667. The summed E-state index contributed by atoms with van der Waals surface area (Å²) < 4.78 is 37.3. The van der Waals surface area contributed by atoms with Crippen LogP contribution in [-0.4, -0.2) is 66.6 Å². The first-order valence-corrected chi connectivity index (χ1v) is 12.6. The Labute approximate surface area is 195 Å². The highest BCUT2D eigenvalue weighted by atomic mass is 35.5. The smallest absolute Gasteiger partial charge is 0.407 e. The maximum Gasteiger partial charge on any atom is 0.407 e. The van der Waals surface area contributed by atoms with E-state index in [1.54, 1.807) is 33.0 Å². The summed E-state index contributed by atoms with van der Waals surface area (Å²) in [4.78, 5) is 16.4. The Bertz CT molecular complexity index is 902. The van der Waals surface area contributed by atoms with E-state index in [0.29, 0.717) is 62.7 Å². The zero-order valence-electron chi connectivity index (χ0n) is 18.9. The highest BCUT2D eigenvalue weighted by molar-refractivity contribution is 7.88. The summed E-state index contributed by atoms with van der Waals surface area (Å²) in [5.74, 6) is 0. The molecular weight excluding hydrogens is 456 g/mol. The van der Waals surface area contributed by atoms with Gasteiger partial charge >= 0.3 is 16.3 Å². The van der Waals surface area contributed by atoms with Gasteiger partial charge in [-0.1, -0.05) is 17.7 Å². The number of aromatic nitrogens is 1. The number of aryl methyl sites for hydroxylation is 1. The molecule has 0 radical (unpaired) electrons. The molecule has 1 aromatic heterocycles. The number of likely N-dealkylation sites (tertiary alicyclic amines) is 1. The minimum atomic E-state index is -3.83. The van der Waals surface area contributed by atoms with Crippen molar-refractivity contribution >= 4 is 33.6 Å². The number of hydrogen-bond acceptors (Lipinski definition) is 5. The monoisotopic (exact) mass is 488 g/mol. The summed E-state index contributed by atoms with van der Waals surface area (Å²) >= 11 is 6.13. The second kappa shape index (κ2) is 11.9. The molecule has 1 saturated heterocycles. The number of pyridine rings is 1. The van der Waals surface area contributed by atoms with E-state index < -0.39 is 21.8 Å². The van der Waals surface area contributed by atoms with Crippen LogP contribution in [0, 0.1) is 0 Å². The van der Waals surface area contributed by atoms with Crippen molar-refractivity contribution < 1.29 is 23.1 Å². The quantitative estimate of drug-likeness (QED) is 0.278. The standard InChI is InChI=1S/C21H33ClN4O5S/c1-21(2,3)25-32(29,30)24-17(10-9-16-7-6-12-23-19(16)22)8-4-5-14-31-18-11-13-26(15-18)20(27)28/h6-7,12,18,25H,4-5,8-11,13-15H2,1-3H3,(H,27,28)/t18-/m1/s1. The van der Waals surface area contributed by atoms with E-state index >= 15 is 0 Å². The Morgan fingerprint density at radius 2 is 2.12 bits per heavy atom. The third-order valence-electron chi connectivity index (χ3n) is 4.83. The molecule has 1 aliphatic heterocycles. The molecule has 2 heterocycles. The van der Waals surface area contributed by atoms with Crippen LogP contribution in [0.5, 0.6) is 0 Å². The Balaban J connectivity index is 1.90. The number of ether oxygens (including phenoxy) is 1. The zero-order valence-corrected chi connectivity index (χ0v) is 20.5. The van der Waals surface area contributed by atoms with E-state index in [2.05, 4.69) is 14.1 Å². The lowest BCUT2D eigenvalue weighted by Gasteiger charge is -2.19. The summed E-state index contributed by atoms with van der Waals surface area (Å²) in [7, 11) is -3.83. The van der Waals surface area contributed by atoms with E-state index in [-0.39, 0.29) is 6.10 Å². The molecular formula is C21H33ClN4O5S. The SMILES string of the molecule is CC(C)(C)NS(=O)(=O)N=C(CCCCO[C@@H]1CCN(C(=O)O)C1)CCc1cccnc1Cl. The van der Waals surface area contributed by atoms with Crippen LogP contribution in [0.15, 0.2) is 22.7 Å². The van der Waals surface area contributed by atoms with Crippen molar-refractivity contribution in [2.24, 2.45) is 4.40 Å². The molecule has 32 heavy (non-hydrogen) atoms. The summed E-state index contributed by atoms with van der Waals surface area (Å²) in [6.07, 6.45) is 4.24. The number of amides is 1. The molecule has 180 valence electrons. The van der Waals surface area contributed by atoms with Crippen LogP contribution < -0.4 is 4.72 Å². The van der Waals surface area contributed by atoms with Crippen LogP contribution >= 0.6 is 11.6 Å². The average Bonchev–Trinajstić information content (AvgIpc) is 3.14. The number of carbonyl (C=O) groups is 1. The molecule has 0 aromatic carbocycles. The van der Waals surface area contributed by atoms with Gasteiger partial charge in [-0.3, -0.25) is 0 Å². The molecule has 1 fully saturated rings. The normalized spacial score (nSPS) is 17.7. The molecule has 0 bridgehead atoms. The van der Waals surface area contributed by atoms with Gasteiger partial charge in [-0.05, 0) is 70.9 Å². The number of unbranched alkanes of at least 4 members (excludes halogenated alkanes) is 1. The van der Waals surface area contributed by atoms with Crippen LogP contribution in [0.3, 0.4) is 0 Å². The highest BCUT2D eigenvalue weighted by Crippen LogP contribution is 2.17. The molecule has 1 atom stereocenters. The van der Waals surface area contributed by atoms with Crippen molar-refractivity contribution in [3.8, 4) is 0 Å². The maximum atomic E-state index is 12.5. The van der Waals surface area contributed by atoms with Gasteiger partial charge in [0.1, 0.15) is 5.15 Å². The molecule has 0 unspecified atom stereocenters. The molecule has 11 heteroatoms. The van der Waals surface area contributed by atoms with Gasteiger partial charge < -0.3 is 14.7 Å². The van der Waals surface area contributed by atoms with E-state index in [0.717, 1.165) is 12.0 Å². The summed E-state index contributed by atoms with van der Waals surface area (Å²) in [5.41, 5.74) is 0.786. The lowest BCUT2D eigenvalue weighted by atomic mass is 10.0. The number of carboxylic acid groups (broad SMARTS) is 1. The van der Waals surface area contributed by atoms with Crippen LogP contribution in [0.25, 0.3) is 0 Å². The van der Waals surface area contributed by atoms with Gasteiger partial charge in [-0.2, -0.15) is 17.5 Å². The predicted octanol–water partition coefficient (Wildman–Crippen LogP) is 3.68. The number of nitrogens with one attached hydrogen (secondary N) is 1. The summed E-state index contributed by atoms with van der Waals surface area (Å²) in [5, 5.41) is 9.41. The van der Waals surface area contributed by atoms with E-state index in [4.69, 9.17) is 21.4 Å². The van der Waals surface area contributed by atoms with Gasteiger partial charge in [0.2, 0.25) is 0 Å². The van der Waals surface area contributed by atoms with E-state index in [9.17, 15) is 13.2 Å². The Hall–Kier alpha value is -1.75. The van der Waals surface area contributed by atoms with Crippen molar-refractivity contribution in [3.05, 3.63) is 29.0 Å². The van der Waals surface area contributed by atoms with Crippen LogP contribution in [-0.2, 0) is 21.4 Å². The predicted molar refractivity (Wildman–Crippen MR) is 125 cm³/mol. The van der Waals surface area contributed by atoms with Gasteiger partial charge in [0, 0.05) is 30.6 Å². The fourth-order valence-electron chi connectivity index (χ4n) is 3.40. The number of nitrogens with zero attached hydrogens (tertiary/aromatic N) is 3. The Kier molecular flexibility index (Phi) is 9.87. The Morgan fingerprint density at radius 1 is 1.38 bits per heavy atom. The van der Waals surface area contributed by atoms with Crippen LogP contribution in [0.4, 0.5) is 4.79 Å². The molecule has 0 aliphatic carbocycles. The van der Waals surface area contributed by atoms with Crippen molar-refractivity contribution in [2.45, 2.75) is 70.9 Å². The van der Waals surface area contributed by atoms with Crippen molar-refractivity contribution in [2.75, 3.05) is 19.7 Å². The minimum absolute atomic E-state index is 0.0803. The van der Waals surface area contributed by atoms with Crippen molar-refractivity contribution in [1.29, 1.82) is 0 Å². The maximum absolute atomic E-state index is 12.5. The van der Waals surface area contributed by atoms with Crippen molar-refractivity contribution in [1.82, 2.24) is 14.6 Å². The number of rotatable bonds is 11. The first kappa shape index (κ1) is 26.5. The molecule has 1 aliphatic rings. The largest absolute Gasteiger partial charge is 0.465 e. The molecule has 2 rings (SSSR count). The fourth-order valence-corrected chi connectivity index (χ4v) is 4.96. The third kappa shape index (κ3) is 9.81. The Morgan fingerprint density at radius 3 is 2.75 bits per heavy atom. The zero-order chi connectivity index (χ0) is 23.8. The van der Waals surface area contributed by atoms with Gasteiger partial charge in [-0.25, -0.2) is 9.78 Å². The first-order valence-electron chi connectivity index (χ1n) is 10.8. The summed E-state index contributed by atoms with van der Waals surface area (Å²) in [6, 6.07) is 3.66. The van der Waals surface area contributed by atoms with E-state index in [1.165, 1.54) is 4.90 Å². The molecule has 0 saturated carbocycles. The van der Waals surface area contributed by atoms with Crippen molar-refractivity contribution in [3.63, 3.8) is 0 Å². The molecule has 1 amide bonds. The van der Waals surface area contributed by atoms with Gasteiger partial charge in [0.15, 0.2) is 0 Å². The molecule has 0 spiro atoms. The second-order valence-corrected chi connectivity index (χ2v) is 10.6. The third-order valence-corrected chi connectivity index (χ3v) is 6.54. The highest BCUT2D eigenvalue weighted by Gasteiger charge is 2.26. The molecule has 2 N–H and O–H groups in total. The second-order valence-electron chi connectivity index (χ2n) is 8.91. The average molecular weight is 489 g/mol. The number of hydrogen-bond donors (Lipinski definition) is 2.